The van der Waals surface area contributed by atoms with Crippen LogP contribution in [0.2, 0.25) is 5.02 Å². The number of nitrogens with zero attached hydrogens (tertiary/aromatic N) is 1. The normalized spacial score (nSPS) is 13.2. The van der Waals surface area contributed by atoms with Gasteiger partial charge in [0.25, 0.3) is 0 Å². The fourth-order valence-corrected chi connectivity index (χ4v) is 3.59. The van der Waals surface area contributed by atoms with E-state index in [2.05, 4.69) is 10.9 Å². The van der Waals surface area contributed by atoms with E-state index in [1.807, 2.05) is 39.0 Å². The number of aryl methyl sites for hydroxylation is 1. The number of aliphatic imine (C=N–C) groups is 1. The Morgan fingerprint density at radius 3 is 2.24 bits per heavy atom. The van der Waals surface area contributed by atoms with Crippen LogP contribution in [-0.4, -0.2) is 28.3 Å². The largest absolute Gasteiger partial charge is 0.296 e. The molecule has 0 aliphatic carbocycles. The highest BCUT2D eigenvalue weighted by Gasteiger charge is 2.06. The summed E-state index contributed by atoms with van der Waals surface area (Å²) in [5.74, 6) is 3.14. The monoisotopic (exact) mass is 437 g/mol. The summed E-state index contributed by atoms with van der Waals surface area (Å²) in [6.07, 6.45) is 3.89. The van der Waals surface area contributed by atoms with Crippen molar-refractivity contribution < 1.29 is 13.4 Å². The van der Waals surface area contributed by atoms with Gasteiger partial charge in [-0.05, 0) is 59.9 Å². The fraction of sp³-hybridized carbons (Fsp3) is 0.261. The molecule has 3 nitrogen and oxygen atoms in total. The number of hydrogen-bond donors (Lipinski definition) is 0. The quantitative estimate of drug-likeness (QED) is 0.250. The molecule has 29 heavy (non-hydrogen) atoms. The summed E-state index contributed by atoms with van der Waals surface area (Å²) in [6, 6.07) is 11.7. The summed E-state index contributed by atoms with van der Waals surface area (Å²) in [5.41, 5.74) is 2.81. The molecule has 0 saturated carbocycles. The van der Waals surface area contributed by atoms with Crippen LogP contribution in [0.4, 0.5) is 4.39 Å². The molecule has 0 radical (unpaired) electrons. The second-order valence-electron chi connectivity index (χ2n) is 5.92. The number of allylic oxidation sites excluding steroid dienone is 2. The first kappa shape index (κ1) is 26.8. The molecule has 6 heteroatoms. The minimum Gasteiger partial charge on any atom is -0.296 e. The first-order valence-corrected chi connectivity index (χ1v) is 11.6. The van der Waals surface area contributed by atoms with Gasteiger partial charge in [0.15, 0.2) is 6.29 Å². The number of halogens is 2. The predicted octanol–water partition coefficient (Wildman–Crippen LogP) is 6.12. The molecule has 0 aliphatic rings. The second kappa shape index (κ2) is 13.1. The summed E-state index contributed by atoms with van der Waals surface area (Å²) in [6.45, 7) is 9.39. The molecule has 1 unspecified atom stereocenters. The maximum Gasteiger partial charge on any atom is 0.168 e. The van der Waals surface area contributed by atoms with Gasteiger partial charge in [-0.15, -0.1) is 0 Å². The molecular formula is C23H29ClFNO2S. The molecule has 0 heterocycles. The topological polar surface area (TPSA) is 46.5 Å². The number of hydrogen-bond acceptors (Lipinski definition) is 3. The van der Waals surface area contributed by atoms with Crippen LogP contribution in [0.15, 0.2) is 64.1 Å². The minimum atomic E-state index is -2.30. The Bertz CT molecular complexity index is 980. The van der Waals surface area contributed by atoms with Crippen molar-refractivity contribution in [2.75, 3.05) is 6.26 Å². The van der Waals surface area contributed by atoms with Crippen molar-refractivity contribution in [3.63, 3.8) is 0 Å². The Balaban J connectivity index is 0.000000508. The molecule has 2 aromatic rings. The zero-order valence-electron chi connectivity index (χ0n) is 17.8. The molecule has 0 aliphatic heterocycles. The Kier molecular flexibility index (Phi) is 12.1. The molecule has 0 saturated heterocycles. The molecular weight excluding hydrogens is 409 g/mol. The summed E-state index contributed by atoms with van der Waals surface area (Å²) < 4.78 is 24.2. The molecule has 0 aromatic heterocycles. The van der Waals surface area contributed by atoms with Crippen molar-refractivity contribution in [2.24, 2.45) is 4.99 Å². The van der Waals surface area contributed by atoms with E-state index in [1.165, 1.54) is 18.4 Å². The molecule has 1 atom stereocenters. The number of carbonyl (C=O) groups is 1. The lowest BCUT2D eigenvalue weighted by Gasteiger charge is -2.06. The maximum absolute atomic E-state index is 12.7. The number of benzene rings is 2. The van der Waals surface area contributed by atoms with Crippen LogP contribution in [0, 0.1) is 12.7 Å². The van der Waals surface area contributed by atoms with Crippen LogP contribution in [0.5, 0.6) is 0 Å². The van der Waals surface area contributed by atoms with Crippen molar-refractivity contribution in [3.8, 4) is 0 Å². The van der Waals surface area contributed by atoms with Crippen molar-refractivity contribution in [2.45, 2.75) is 39.5 Å². The molecule has 0 bridgehead atoms. The van der Waals surface area contributed by atoms with Gasteiger partial charge in [-0.25, -0.2) is 4.39 Å². The SMILES string of the molecule is C/C=C(/C=O)N=C(C)c1ccccc1Cl.C=S(C)(=O)c1cc(F)ccc1C.CC. The summed E-state index contributed by atoms with van der Waals surface area (Å²) in [7, 11) is -2.30. The lowest BCUT2D eigenvalue weighted by Crippen LogP contribution is -1.99. The van der Waals surface area contributed by atoms with E-state index in [-0.39, 0.29) is 5.82 Å². The number of rotatable bonds is 4. The fourth-order valence-electron chi connectivity index (χ4n) is 2.21. The zero-order valence-corrected chi connectivity index (χ0v) is 19.4. The van der Waals surface area contributed by atoms with Gasteiger partial charge in [0.05, 0.1) is 5.70 Å². The van der Waals surface area contributed by atoms with Crippen LogP contribution in [0.1, 0.15) is 38.8 Å². The molecule has 0 amide bonds. The molecule has 2 rings (SSSR count). The lowest BCUT2D eigenvalue weighted by atomic mass is 10.1. The van der Waals surface area contributed by atoms with Gasteiger partial charge >= 0.3 is 0 Å². The average Bonchev–Trinajstić information content (AvgIpc) is 2.69. The van der Waals surface area contributed by atoms with E-state index in [0.29, 0.717) is 15.6 Å². The van der Waals surface area contributed by atoms with Gasteiger partial charge in [0.1, 0.15) is 5.82 Å². The Morgan fingerprint density at radius 1 is 1.21 bits per heavy atom. The highest BCUT2D eigenvalue weighted by atomic mass is 35.5. The second-order valence-corrected chi connectivity index (χ2v) is 8.78. The summed E-state index contributed by atoms with van der Waals surface area (Å²) >= 11 is 6.00. The van der Waals surface area contributed by atoms with Crippen LogP contribution in [-0.2, 0) is 14.3 Å². The van der Waals surface area contributed by atoms with Crippen molar-refractivity contribution in [3.05, 3.63) is 76.2 Å². The van der Waals surface area contributed by atoms with Crippen LogP contribution in [0.3, 0.4) is 0 Å². The standard InChI is InChI=1S/C12H12ClNO.C9H11FOS.C2H6/c1-3-10(8-15)14-9(2)11-6-4-5-7-12(11)13;1-7-4-5-8(10)6-9(7)12(2,3)11;1-2/h3-8H,1-2H3;4-6H,2H2,1,3H3;1-2H3/b10-3-,14-9?;;. The molecule has 0 N–H and O–H groups in total. The first-order valence-electron chi connectivity index (χ1n) is 9.10. The van der Waals surface area contributed by atoms with Crippen molar-refractivity contribution >= 4 is 39.0 Å². The van der Waals surface area contributed by atoms with E-state index in [0.717, 1.165) is 23.1 Å². The van der Waals surface area contributed by atoms with E-state index >= 15 is 0 Å². The Morgan fingerprint density at radius 2 is 1.79 bits per heavy atom. The lowest BCUT2D eigenvalue weighted by molar-refractivity contribution is -0.104. The third kappa shape index (κ3) is 9.20. The smallest absolute Gasteiger partial charge is 0.168 e. The molecule has 0 spiro atoms. The third-order valence-electron chi connectivity index (χ3n) is 3.59. The molecule has 2 aromatic carbocycles. The third-order valence-corrected chi connectivity index (χ3v) is 5.29. The predicted molar refractivity (Wildman–Crippen MR) is 125 cm³/mol. The van der Waals surface area contributed by atoms with E-state index in [4.69, 9.17) is 11.6 Å². The van der Waals surface area contributed by atoms with Crippen LogP contribution < -0.4 is 0 Å². The summed E-state index contributed by atoms with van der Waals surface area (Å²) in [4.78, 5) is 15.3. The van der Waals surface area contributed by atoms with Gasteiger partial charge in [-0.1, -0.05) is 55.8 Å². The Labute approximate surface area is 179 Å². The van der Waals surface area contributed by atoms with Gasteiger partial charge in [0.2, 0.25) is 0 Å². The van der Waals surface area contributed by atoms with E-state index in [9.17, 15) is 13.4 Å². The van der Waals surface area contributed by atoms with Crippen LogP contribution >= 0.6 is 11.6 Å². The van der Waals surface area contributed by atoms with E-state index < -0.39 is 9.52 Å². The highest BCUT2D eigenvalue weighted by molar-refractivity contribution is 7.99. The van der Waals surface area contributed by atoms with E-state index in [1.54, 1.807) is 32.1 Å². The van der Waals surface area contributed by atoms with Crippen molar-refractivity contribution in [1.29, 1.82) is 0 Å². The van der Waals surface area contributed by atoms with Gasteiger partial charge < -0.3 is 0 Å². The number of carbonyl (C=O) groups excluding carboxylic acids is 1. The van der Waals surface area contributed by atoms with Gasteiger partial charge in [-0.2, -0.15) is 0 Å². The molecule has 0 fully saturated rings. The van der Waals surface area contributed by atoms with Crippen molar-refractivity contribution in [1.82, 2.24) is 0 Å². The minimum absolute atomic E-state index is 0.367. The maximum atomic E-state index is 12.7. The van der Waals surface area contributed by atoms with Gasteiger partial charge in [0, 0.05) is 27.4 Å². The number of aldehydes is 1. The Hall–Kier alpha value is -2.24. The van der Waals surface area contributed by atoms with Crippen LogP contribution in [0.25, 0.3) is 0 Å². The first-order chi connectivity index (χ1) is 13.6. The zero-order chi connectivity index (χ0) is 22.6. The highest BCUT2D eigenvalue weighted by Crippen LogP contribution is 2.17. The molecule has 158 valence electrons. The average molecular weight is 438 g/mol. The summed E-state index contributed by atoms with van der Waals surface area (Å²) in [5, 5.41) is 0.639. The van der Waals surface area contributed by atoms with Gasteiger partial charge in [-0.3, -0.25) is 14.0 Å².